The van der Waals surface area contributed by atoms with Crippen LogP contribution in [0.3, 0.4) is 0 Å². The molecule has 130 valence electrons. The van der Waals surface area contributed by atoms with Crippen LogP contribution in [-0.2, 0) is 10.2 Å². The number of nitrogens with zero attached hydrogens (tertiary/aromatic N) is 2. The maximum atomic E-state index is 12.2. The molecule has 2 atom stereocenters. The SMILES string of the molecule is CC(C)(C)c1cc(NC(=O)CN2CCC3NCCC3C2)on1.Cl. The van der Waals surface area contributed by atoms with Gasteiger partial charge in [0.2, 0.25) is 11.8 Å². The van der Waals surface area contributed by atoms with Gasteiger partial charge < -0.3 is 9.84 Å². The molecule has 1 aromatic heterocycles. The summed E-state index contributed by atoms with van der Waals surface area (Å²) in [4.78, 5) is 14.4. The Kier molecular flexibility index (Phi) is 5.70. The first kappa shape index (κ1) is 18.2. The van der Waals surface area contributed by atoms with Gasteiger partial charge >= 0.3 is 0 Å². The Balaban J connectivity index is 0.00000192. The number of fused-ring (bicyclic) bond motifs is 1. The molecule has 7 heteroatoms. The van der Waals surface area contributed by atoms with Gasteiger partial charge in [0.05, 0.1) is 12.2 Å². The molecule has 2 aliphatic rings. The van der Waals surface area contributed by atoms with Crippen LogP contribution in [0.25, 0.3) is 0 Å². The van der Waals surface area contributed by atoms with Crippen LogP contribution in [0, 0.1) is 5.92 Å². The van der Waals surface area contributed by atoms with E-state index in [1.807, 2.05) is 6.07 Å². The first-order chi connectivity index (χ1) is 10.4. The lowest BCUT2D eigenvalue weighted by molar-refractivity contribution is -0.117. The van der Waals surface area contributed by atoms with Crippen LogP contribution in [0.2, 0.25) is 0 Å². The van der Waals surface area contributed by atoms with E-state index in [1.165, 1.54) is 6.42 Å². The monoisotopic (exact) mass is 342 g/mol. The highest BCUT2D eigenvalue weighted by Crippen LogP contribution is 2.25. The minimum atomic E-state index is -0.0795. The fourth-order valence-electron chi connectivity index (χ4n) is 3.33. The smallest absolute Gasteiger partial charge is 0.240 e. The molecule has 0 bridgehead atoms. The first-order valence-electron chi connectivity index (χ1n) is 8.14. The lowest BCUT2D eigenvalue weighted by Gasteiger charge is -2.34. The van der Waals surface area contributed by atoms with E-state index < -0.39 is 0 Å². The maximum Gasteiger partial charge on any atom is 0.240 e. The van der Waals surface area contributed by atoms with E-state index in [9.17, 15) is 4.79 Å². The molecule has 0 aromatic carbocycles. The van der Waals surface area contributed by atoms with Gasteiger partial charge in [-0.2, -0.15) is 0 Å². The second-order valence-corrected chi connectivity index (χ2v) is 7.51. The number of carbonyl (C=O) groups excluding carboxylic acids is 1. The summed E-state index contributed by atoms with van der Waals surface area (Å²) in [7, 11) is 0. The van der Waals surface area contributed by atoms with Gasteiger partial charge in [-0.25, -0.2) is 0 Å². The van der Waals surface area contributed by atoms with E-state index in [1.54, 1.807) is 0 Å². The minimum absolute atomic E-state index is 0. The van der Waals surface area contributed by atoms with Crippen molar-refractivity contribution in [2.24, 2.45) is 5.92 Å². The number of aromatic nitrogens is 1. The zero-order valence-electron chi connectivity index (χ0n) is 14.1. The number of piperidine rings is 1. The van der Waals surface area contributed by atoms with Crippen molar-refractivity contribution in [1.29, 1.82) is 0 Å². The van der Waals surface area contributed by atoms with Gasteiger partial charge in [0.15, 0.2) is 0 Å². The Morgan fingerprint density at radius 1 is 1.48 bits per heavy atom. The van der Waals surface area contributed by atoms with Crippen molar-refractivity contribution in [2.75, 3.05) is 31.5 Å². The van der Waals surface area contributed by atoms with Crippen molar-refractivity contribution in [3.8, 4) is 0 Å². The third-order valence-electron chi connectivity index (χ3n) is 4.65. The van der Waals surface area contributed by atoms with Gasteiger partial charge in [-0.3, -0.25) is 15.0 Å². The molecular weight excluding hydrogens is 316 g/mol. The molecule has 3 heterocycles. The number of likely N-dealkylation sites (tertiary alicyclic amines) is 1. The quantitative estimate of drug-likeness (QED) is 0.879. The van der Waals surface area contributed by atoms with Crippen LogP contribution in [0.1, 0.15) is 39.3 Å². The van der Waals surface area contributed by atoms with E-state index in [2.05, 4.69) is 41.5 Å². The summed E-state index contributed by atoms with van der Waals surface area (Å²) in [6, 6.07) is 2.47. The molecule has 3 rings (SSSR count). The number of hydrogen-bond acceptors (Lipinski definition) is 5. The summed E-state index contributed by atoms with van der Waals surface area (Å²) in [6.45, 7) is 9.72. The molecule has 1 aromatic rings. The molecule has 6 nitrogen and oxygen atoms in total. The number of carbonyl (C=O) groups is 1. The molecule has 2 unspecified atom stereocenters. The second-order valence-electron chi connectivity index (χ2n) is 7.51. The van der Waals surface area contributed by atoms with Gasteiger partial charge in [-0.15, -0.1) is 12.4 Å². The van der Waals surface area contributed by atoms with Gasteiger partial charge in [-0.05, 0) is 25.3 Å². The van der Waals surface area contributed by atoms with E-state index in [0.717, 1.165) is 31.7 Å². The standard InChI is InChI=1S/C16H26N4O2.ClH/c1-16(2,3)13-8-15(22-19-13)18-14(21)10-20-7-5-12-11(9-20)4-6-17-12;/h8,11-12,17H,4-7,9-10H2,1-3H3,(H,18,21);1H. The summed E-state index contributed by atoms with van der Waals surface area (Å²) in [5, 5.41) is 10.4. The van der Waals surface area contributed by atoms with Crippen molar-refractivity contribution in [3.05, 3.63) is 11.8 Å². The fourth-order valence-corrected chi connectivity index (χ4v) is 3.33. The van der Waals surface area contributed by atoms with Crippen LogP contribution >= 0.6 is 12.4 Å². The Bertz CT molecular complexity index is 540. The third kappa shape index (κ3) is 4.46. The molecular formula is C16H27ClN4O2. The topological polar surface area (TPSA) is 70.4 Å². The molecule has 2 fully saturated rings. The van der Waals surface area contributed by atoms with Crippen LogP contribution in [-0.4, -0.2) is 48.2 Å². The summed E-state index contributed by atoms with van der Waals surface area (Å²) in [6.07, 6.45) is 2.36. The summed E-state index contributed by atoms with van der Waals surface area (Å²) < 4.78 is 5.21. The molecule has 23 heavy (non-hydrogen) atoms. The Labute approximate surface area is 143 Å². The third-order valence-corrected chi connectivity index (χ3v) is 4.65. The normalized spacial score (nSPS) is 24.8. The van der Waals surface area contributed by atoms with Crippen molar-refractivity contribution >= 4 is 24.2 Å². The predicted molar refractivity (Wildman–Crippen MR) is 92.0 cm³/mol. The summed E-state index contributed by atoms with van der Waals surface area (Å²) >= 11 is 0. The summed E-state index contributed by atoms with van der Waals surface area (Å²) in [5.41, 5.74) is 0.768. The average Bonchev–Trinajstić information content (AvgIpc) is 3.05. The molecule has 2 aliphatic heterocycles. The number of amides is 1. The van der Waals surface area contributed by atoms with Crippen molar-refractivity contribution in [3.63, 3.8) is 0 Å². The van der Waals surface area contributed by atoms with Crippen LogP contribution in [0.5, 0.6) is 0 Å². The molecule has 2 N–H and O–H groups in total. The lowest BCUT2D eigenvalue weighted by Crippen LogP contribution is -2.46. The number of rotatable bonds is 3. The zero-order chi connectivity index (χ0) is 15.7. The van der Waals surface area contributed by atoms with E-state index in [4.69, 9.17) is 4.52 Å². The van der Waals surface area contributed by atoms with Gasteiger partial charge in [0.1, 0.15) is 0 Å². The van der Waals surface area contributed by atoms with Gasteiger partial charge in [0.25, 0.3) is 0 Å². The fraction of sp³-hybridized carbons (Fsp3) is 0.750. The van der Waals surface area contributed by atoms with E-state index in [-0.39, 0.29) is 23.7 Å². The maximum absolute atomic E-state index is 12.2. The minimum Gasteiger partial charge on any atom is -0.338 e. The number of nitrogens with one attached hydrogen (secondary N) is 2. The molecule has 0 aliphatic carbocycles. The van der Waals surface area contributed by atoms with Gasteiger partial charge in [0, 0.05) is 30.6 Å². The largest absolute Gasteiger partial charge is 0.338 e. The Morgan fingerprint density at radius 3 is 2.96 bits per heavy atom. The average molecular weight is 343 g/mol. The highest BCUT2D eigenvalue weighted by Gasteiger charge is 2.33. The number of hydrogen-bond donors (Lipinski definition) is 2. The van der Waals surface area contributed by atoms with Crippen LogP contribution in [0.4, 0.5) is 5.88 Å². The number of anilines is 1. The second kappa shape index (κ2) is 7.20. The van der Waals surface area contributed by atoms with Crippen molar-refractivity contribution in [1.82, 2.24) is 15.4 Å². The van der Waals surface area contributed by atoms with Gasteiger partial charge in [-0.1, -0.05) is 25.9 Å². The lowest BCUT2D eigenvalue weighted by atomic mass is 9.92. The molecule has 0 spiro atoms. The van der Waals surface area contributed by atoms with Crippen LogP contribution < -0.4 is 10.6 Å². The summed E-state index contributed by atoms with van der Waals surface area (Å²) in [5.74, 6) is 1.10. The Hall–Kier alpha value is -1.11. The van der Waals surface area contributed by atoms with Crippen molar-refractivity contribution in [2.45, 2.75) is 45.1 Å². The first-order valence-corrected chi connectivity index (χ1v) is 8.14. The molecule has 0 radical (unpaired) electrons. The molecule has 0 saturated carbocycles. The van der Waals surface area contributed by atoms with Crippen LogP contribution in [0.15, 0.2) is 10.6 Å². The molecule has 2 saturated heterocycles. The zero-order valence-corrected chi connectivity index (χ0v) is 14.9. The number of halogens is 1. The Morgan fingerprint density at radius 2 is 2.26 bits per heavy atom. The molecule has 1 amide bonds. The van der Waals surface area contributed by atoms with E-state index >= 15 is 0 Å². The van der Waals surface area contributed by atoms with Crippen molar-refractivity contribution < 1.29 is 9.32 Å². The highest BCUT2D eigenvalue weighted by atomic mass is 35.5. The van der Waals surface area contributed by atoms with E-state index in [0.29, 0.717) is 24.4 Å². The highest BCUT2D eigenvalue weighted by molar-refractivity contribution is 5.91. The predicted octanol–water partition coefficient (Wildman–Crippen LogP) is 2.02.